The Kier molecular flexibility index (Phi) is 10.0. The molecule has 0 atom stereocenters. The molecule has 0 aliphatic heterocycles. The monoisotopic (exact) mass is 361 g/mol. The van der Waals surface area contributed by atoms with Crippen LogP contribution >= 0.6 is 11.8 Å². The summed E-state index contributed by atoms with van der Waals surface area (Å²) < 4.78 is 36.9. The summed E-state index contributed by atoms with van der Waals surface area (Å²) in [4.78, 5) is 0.281. The Bertz CT molecular complexity index is 417. The maximum Gasteiger partial charge on any atom is 0.446 e. The highest BCUT2D eigenvalue weighted by atomic mass is 32.2. The zero-order valence-electron chi connectivity index (χ0n) is 14.2. The Hall–Kier alpha value is -0.423. The molecular formula is C18H28F3SSi. The van der Waals surface area contributed by atoms with Crippen LogP contribution in [0.15, 0.2) is 29.2 Å². The van der Waals surface area contributed by atoms with Crippen LogP contribution in [0.1, 0.15) is 58.3 Å². The van der Waals surface area contributed by atoms with Gasteiger partial charge in [-0.3, -0.25) is 0 Å². The van der Waals surface area contributed by atoms with Crippen molar-refractivity contribution in [2.24, 2.45) is 0 Å². The predicted octanol–water partition coefficient (Wildman–Crippen LogP) is 6.77. The molecule has 0 fully saturated rings. The van der Waals surface area contributed by atoms with E-state index in [4.69, 9.17) is 0 Å². The lowest BCUT2D eigenvalue weighted by atomic mass is 10.1. The normalized spacial score (nSPS) is 12.1. The van der Waals surface area contributed by atoms with E-state index in [1.54, 1.807) is 12.1 Å². The molecule has 1 aromatic rings. The van der Waals surface area contributed by atoms with Gasteiger partial charge in [0.25, 0.3) is 0 Å². The average molecular weight is 362 g/mol. The molecule has 23 heavy (non-hydrogen) atoms. The van der Waals surface area contributed by atoms with Crippen LogP contribution in [-0.4, -0.2) is 14.3 Å². The number of hydrogen-bond donors (Lipinski definition) is 0. The van der Waals surface area contributed by atoms with Crippen LogP contribution < -0.4 is 5.19 Å². The van der Waals surface area contributed by atoms with E-state index in [-0.39, 0.29) is 16.7 Å². The highest BCUT2D eigenvalue weighted by Gasteiger charge is 2.29. The Morgan fingerprint density at radius 3 is 1.91 bits per heavy atom. The van der Waals surface area contributed by atoms with Crippen molar-refractivity contribution in [3.63, 3.8) is 0 Å². The lowest BCUT2D eigenvalue weighted by Gasteiger charge is -2.11. The molecule has 5 heteroatoms. The third-order valence-corrected chi connectivity index (χ3v) is 7.15. The molecule has 0 amide bonds. The molecule has 0 aliphatic rings. The van der Waals surface area contributed by atoms with Crippen molar-refractivity contribution in [3.05, 3.63) is 24.3 Å². The van der Waals surface area contributed by atoms with Gasteiger partial charge < -0.3 is 0 Å². The quantitative estimate of drug-likeness (QED) is 0.238. The fourth-order valence-corrected chi connectivity index (χ4v) is 4.95. The topological polar surface area (TPSA) is 0 Å². The van der Waals surface area contributed by atoms with Gasteiger partial charge in [-0.2, -0.15) is 13.2 Å². The van der Waals surface area contributed by atoms with Crippen molar-refractivity contribution in [3.8, 4) is 0 Å². The summed E-state index contributed by atoms with van der Waals surface area (Å²) in [7, 11) is -0.618. The number of halogens is 3. The van der Waals surface area contributed by atoms with Crippen LogP contribution in [0.2, 0.25) is 12.6 Å². The predicted molar refractivity (Wildman–Crippen MR) is 97.0 cm³/mol. The Balaban J connectivity index is 2.20. The van der Waals surface area contributed by atoms with E-state index in [9.17, 15) is 13.2 Å². The molecule has 0 heterocycles. The highest BCUT2D eigenvalue weighted by molar-refractivity contribution is 8.00. The van der Waals surface area contributed by atoms with Gasteiger partial charge in [0.1, 0.15) is 0 Å². The summed E-state index contributed by atoms with van der Waals surface area (Å²) in [5, 5.41) is 1.24. The molecule has 0 N–H and O–H groups in total. The Morgan fingerprint density at radius 1 is 0.870 bits per heavy atom. The van der Waals surface area contributed by atoms with E-state index in [0.717, 1.165) is 0 Å². The molecule has 0 saturated carbocycles. The standard InChI is InChI=1S/C18H28F3SSi/c1-3-4-5-6-7-8-9-10-15-23(2)17-13-11-16(12-14-17)22-18(19,20)21/h11-14H,3-10,15H2,1-2H3. The second-order valence-electron chi connectivity index (χ2n) is 6.08. The first-order valence-corrected chi connectivity index (χ1v) is 11.6. The maximum atomic E-state index is 12.3. The third kappa shape index (κ3) is 10.1. The number of rotatable bonds is 11. The molecule has 131 valence electrons. The molecule has 0 spiro atoms. The van der Waals surface area contributed by atoms with Crippen LogP contribution in [0.3, 0.4) is 0 Å². The molecular weight excluding hydrogens is 333 g/mol. The van der Waals surface area contributed by atoms with Crippen molar-refractivity contribution >= 4 is 25.7 Å². The summed E-state index contributed by atoms with van der Waals surface area (Å²) in [6.45, 7) is 4.50. The first-order valence-electron chi connectivity index (χ1n) is 8.61. The van der Waals surface area contributed by atoms with Gasteiger partial charge in [0.2, 0.25) is 0 Å². The van der Waals surface area contributed by atoms with E-state index in [1.165, 1.54) is 62.6 Å². The van der Waals surface area contributed by atoms with Gasteiger partial charge in [-0.1, -0.05) is 88.2 Å². The zero-order valence-corrected chi connectivity index (χ0v) is 16.0. The summed E-state index contributed by atoms with van der Waals surface area (Å²) in [6.07, 6.45) is 10.6. The molecule has 0 aromatic heterocycles. The second-order valence-corrected chi connectivity index (χ2v) is 9.85. The minimum Gasteiger partial charge on any atom is -0.160 e. The first-order chi connectivity index (χ1) is 10.9. The molecule has 0 aliphatic carbocycles. The Labute approximate surface area is 144 Å². The van der Waals surface area contributed by atoms with Gasteiger partial charge in [0.05, 0.1) is 8.80 Å². The number of thioether (sulfide) groups is 1. The molecule has 1 rings (SSSR count). The summed E-state index contributed by atoms with van der Waals surface area (Å²) in [6, 6.07) is 8.19. The van der Waals surface area contributed by atoms with Crippen molar-refractivity contribution in [1.29, 1.82) is 0 Å². The van der Waals surface area contributed by atoms with Gasteiger partial charge >= 0.3 is 5.51 Å². The molecule has 1 radical (unpaired) electrons. The highest BCUT2D eigenvalue weighted by Crippen LogP contribution is 2.36. The minimum atomic E-state index is -4.20. The number of unbranched alkanes of at least 4 members (excludes halogenated alkanes) is 7. The minimum absolute atomic E-state index is 0.0351. The van der Waals surface area contributed by atoms with Gasteiger partial charge in [0, 0.05) is 4.90 Å². The lowest BCUT2D eigenvalue weighted by Crippen LogP contribution is -2.25. The Morgan fingerprint density at radius 2 is 1.39 bits per heavy atom. The lowest BCUT2D eigenvalue weighted by molar-refractivity contribution is -0.0328. The third-order valence-electron chi connectivity index (χ3n) is 3.99. The maximum absolute atomic E-state index is 12.3. The second kappa shape index (κ2) is 11.2. The zero-order chi connectivity index (χ0) is 17.1. The van der Waals surface area contributed by atoms with Crippen molar-refractivity contribution in [2.45, 2.75) is 81.3 Å². The van der Waals surface area contributed by atoms with Crippen molar-refractivity contribution in [1.82, 2.24) is 0 Å². The number of hydrogen-bond acceptors (Lipinski definition) is 1. The average Bonchev–Trinajstić information content (AvgIpc) is 2.49. The van der Waals surface area contributed by atoms with E-state index in [0.29, 0.717) is 0 Å². The van der Waals surface area contributed by atoms with Crippen LogP contribution in [0.4, 0.5) is 13.2 Å². The van der Waals surface area contributed by atoms with Crippen LogP contribution in [0.5, 0.6) is 0 Å². The summed E-state index contributed by atoms with van der Waals surface area (Å²) in [5.41, 5.74) is -4.20. The van der Waals surface area contributed by atoms with Gasteiger partial charge in [-0.05, 0) is 23.9 Å². The fraction of sp³-hybridized carbons (Fsp3) is 0.667. The van der Waals surface area contributed by atoms with E-state index in [2.05, 4.69) is 13.5 Å². The molecule has 0 bridgehead atoms. The van der Waals surface area contributed by atoms with E-state index >= 15 is 0 Å². The van der Waals surface area contributed by atoms with E-state index in [1.807, 2.05) is 12.1 Å². The smallest absolute Gasteiger partial charge is 0.160 e. The van der Waals surface area contributed by atoms with Gasteiger partial charge in [-0.15, -0.1) is 0 Å². The number of benzene rings is 1. The molecule has 0 unspecified atom stereocenters. The van der Waals surface area contributed by atoms with Crippen LogP contribution in [0.25, 0.3) is 0 Å². The van der Waals surface area contributed by atoms with E-state index < -0.39 is 14.3 Å². The van der Waals surface area contributed by atoms with Crippen LogP contribution in [-0.2, 0) is 0 Å². The summed E-state index contributed by atoms with van der Waals surface area (Å²) in [5.74, 6) is 0. The van der Waals surface area contributed by atoms with Gasteiger partial charge in [-0.25, -0.2) is 0 Å². The van der Waals surface area contributed by atoms with Crippen molar-refractivity contribution in [2.75, 3.05) is 0 Å². The molecule has 1 aromatic carbocycles. The molecule has 0 nitrogen and oxygen atoms in total. The first kappa shape index (κ1) is 20.6. The number of alkyl halides is 3. The molecule has 0 saturated heterocycles. The fourth-order valence-electron chi connectivity index (χ4n) is 2.61. The van der Waals surface area contributed by atoms with Gasteiger partial charge in [0.15, 0.2) is 0 Å². The summed E-state index contributed by atoms with van der Waals surface area (Å²) >= 11 is -0.0351. The van der Waals surface area contributed by atoms with Crippen molar-refractivity contribution < 1.29 is 13.2 Å². The SMILES string of the molecule is CCCCCCCCCC[Si](C)c1ccc(SC(F)(F)F)cc1. The largest absolute Gasteiger partial charge is 0.446 e. The van der Waals surface area contributed by atoms with Crippen LogP contribution in [0, 0.1) is 0 Å².